The van der Waals surface area contributed by atoms with E-state index < -0.39 is 12.1 Å². The van der Waals surface area contributed by atoms with Crippen LogP contribution in [0.3, 0.4) is 0 Å². The second-order valence-electron chi connectivity index (χ2n) is 29.5. The first-order valence-corrected chi connectivity index (χ1v) is 42.6. The number of unbranched alkanes of at least 4 members (excludes halogenated alkanes) is 68. The Hall–Kier alpha value is -1.66. The summed E-state index contributed by atoms with van der Waals surface area (Å²) in [6, 6.07) is -0.625. The Kier molecular flexibility index (Phi) is 80.3. The second kappa shape index (κ2) is 81.8. The topological polar surface area (TPSA) is 95.9 Å². The number of carbonyl (C=O) groups is 2. The molecule has 0 heterocycles. The van der Waals surface area contributed by atoms with Gasteiger partial charge in [0.15, 0.2) is 0 Å². The molecule has 0 rings (SSSR count). The zero-order valence-corrected chi connectivity index (χ0v) is 62.8. The lowest BCUT2D eigenvalue weighted by atomic mass is 10.0. The minimum Gasteiger partial charge on any atom is -0.466 e. The predicted octanol–water partition coefficient (Wildman–Crippen LogP) is 28.4. The normalized spacial score (nSPS) is 12.5. The number of allylic oxidation sites excluding steroid dienone is 3. The molecule has 1 amide bonds. The molecule has 0 aliphatic carbocycles. The van der Waals surface area contributed by atoms with Crippen molar-refractivity contribution in [1.82, 2.24) is 5.32 Å². The highest BCUT2D eigenvalue weighted by atomic mass is 16.5. The Bertz CT molecular complexity index is 1450. The minimum absolute atomic E-state index is 0.0273. The van der Waals surface area contributed by atoms with Gasteiger partial charge in [-0.25, -0.2) is 0 Å². The zero-order chi connectivity index (χ0) is 66.3. The summed E-state index contributed by atoms with van der Waals surface area (Å²) in [5, 5.41) is 23.3. The van der Waals surface area contributed by atoms with Crippen molar-refractivity contribution in [1.29, 1.82) is 0 Å². The van der Waals surface area contributed by atoms with E-state index in [-0.39, 0.29) is 18.5 Å². The highest BCUT2D eigenvalue weighted by Crippen LogP contribution is 2.21. The van der Waals surface area contributed by atoms with Crippen molar-refractivity contribution in [2.75, 3.05) is 13.2 Å². The van der Waals surface area contributed by atoms with Gasteiger partial charge in [-0.1, -0.05) is 443 Å². The van der Waals surface area contributed by atoms with Crippen LogP contribution in [0.4, 0.5) is 0 Å². The Morgan fingerprint density at radius 3 is 0.772 bits per heavy atom. The molecule has 2 unspecified atom stereocenters. The lowest BCUT2D eigenvalue weighted by molar-refractivity contribution is -0.143. The van der Waals surface area contributed by atoms with Crippen LogP contribution in [0.25, 0.3) is 0 Å². The smallest absolute Gasteiger partial charge is 0.305 e. The summed E-state index contributed by atoms with van der Waals surface area (Å²) in [6.07, 6.45) is 106. The third kappa shape index (κ3) is 77.3. The van der Waals surface area contributed by atoms with Crippen molar-refractivity contribution in [3.05, 3.63) is 24.3 Å². The van der Waals surface area contributed by atoms with Gasteiger partial charge in [-0.15, -0.1) is 0 Å². The molecular formula is C86H167NO5. The van der Waals surface area contributed by atoms with E-state index >= 15 is 0 Å². The Morgan fingerprint density at radius 2 is 0.511 bits per heavy atom. The largest absolute Gasteiger partial charge is 0.466 e. The van der Waals surface area contributed by atoms with Crippen LogP contribution in [0.2, 0.25) is 0 Å². The monoisotopic (exact) mass is 1290 g/mol. The number of aliphatic hydroxyl groups is 2. The van der Waals surface area contributed by atoms with E-state index in [0.717, 1.165) is 38.5 Å². The average Bonchev–Trinajstić information content (AvgIpc) is 3.77. The molecular weight excluding hydrogens is 1130 g/mol. The minimum atomic E-state index is -0.842. The quantitative estimate of drug-likeness (QED) is 0.0320. The highest BCUT2D eigenvalue weighted by molar-refractivity contribution is 5.76. The number of nitrogens with one attached hydrogen (secondary N) is 1. The summed E-state index contributed by atoms with van der Waals surface area (Å²) in [6.45, 7) is 4.97. The van der Waals surface area contributed by atoms with Crippen molar-refractivity contribution < 1.29 is 24.5 Å². The summed E-state index contributed by atoms with van der Waals surface area (Å²) in [5.41, 5.74) is 0. The number of hydrogen-bond donors (Lipinski definition) is 3. The molecule has 546 valence electrons. The van der Waals surface area contributed by atoms with Crippen LogP contribution < -0.4 is 5.32 Å². The lowest BCUT2D eigenvalue weighted by Gasteiger charge is -2.20. The fourth-order valence-corrected chi connectivity index (χ4v) is 13.8. The van der Waals surface area contributed by atoms with Crippen LogP contribution in [0.15, 0.2) is 24.3 Å². The number of ether oxygens (including phenoxy) is 1. The number of rotatable bonds is 81. The predicted molar refractivity (Wildman–Crippen MR) is 407 cm³/mol. The summed E-state index contributed by atoms with van der Waals surface area (Å²) in [5.74, 6) is -0.0321. The number of carbonyl (C=O) groups excluding carboxylic acids is 2. The van der Waals surface area contributed by atoms with Crippen molar-refractivity contribution >= 4 is 11.9 Å². The Balaban J connectivity index is 3.33. The van der Waals surface area contributed by atoms with Gasteiger partial charge in [-0.2, -0.15) is 0 Å². The molecule has 6 nitrogen and oxygen atoms in total. The molecule has 0 saturated heterocycles. The summed E-state index contributed by atoms with van der Waals surface area (Å²) >= 11 is 0. The van der Waals surface area contributed by atoms with E-state index in [9.17, 15) is 19.8 Å². The number of hydrogen-bond acceptors (Lipinski definition) is 5. The fourth-order valence-electron chi connectivity index (χ4n) is 13.8. The molecule has 0 bridgehead atoms. The standard InChI is InChI=1S/C86H167NO5/c1-3-5-7-9-11-13-15-17-19-21-42-46-50-54-58-62-66-70-74-78-84(89)83(82-88)87-85(90)79-75-71-67-63-59-55-51-47-44-40-38-36-34-32-30-28-26-24-23-25-27-29-31-33-35-37-39-41-45-49-53-57-61-65-69-73-77-81-92-86(91)80-76-72-68-64-60-56-52-48-43-22-20-18-16-14-12-10-8-6-4-2/h23,25,74,78,83-84,88-89H,3-22,24,26-73,75-77,79-82H2,1-2H3,(H,87,90)/b25-23-,78-74+. The van der Waals surface area contributed by atoms with Crippen LogP contribution in [0, 0.1) is 0 Å². The zero-order valence-electron chi connectivity index (χ0n) is 62.8. The first-order valence-electron chi connectivity index (χ1n) is 42.6. The van der Waals surface area contributed by atoms with Gasteiger partial charge in [-0.05, 0) is 57.8 Å². The van der Waals surface area contributed by atoms with E-state index in [2.05, 4.69) is 31.3 Å². The van der Waals surface area contributed by atoms with Crippen LogP contribution in [0.5, 0.6) is 0 Å². The summed E-state index contributed by atoms with van der Waals surface area (Å²) < 4.78 is 5.53. The van der Waals surface area contributed by atoms with Crippen LogP contribution >= 0.6 is 0 Å². The van der Waals surface area contributed by atoms with Gasteiger partial charge >= 0.3 is 5.97 Å². The van der Waals surface area contributed by atoms with Crippen LogP contribution in [0.1, 0.15) is 489 Å². The van der Waals surface area contributed by atoms with Crippen molar-refractivity contribution in [2.24, 2.45) is 0 Å². The third-order valence-electron chi connectivity index (χ3n) is 20.2. The van der Waals surface area contributed by atoms with Gasteiger partial charge in [0.25, 0.3) is 0 Å². The van der Waals surface area contributed by atoms with E-state index in [1.165, 1.54) is 424 Å². The Labute approximate surface area is 577 Å². The molecule has 3 N–H and O–H groups in total. The molecule has 0 aliphatic rings. The molecule has 0 radical (unpaired) electrons. The van der Waals surface area contributed by atoms with E-state index in [4.69, 9.17) is 4.74 Å². The van der Waals surface area contributed by atoms with Gasteiger partial charge in [-0.3, -0.25) is 9.59 Å². The molecule has 92 heavy (non-hydrogen) atoms. The summed E-state index contributed by atoms with van der Waals surface area (Å²) in [4.78, 5) is 24.7. The van der Waals surface area contributed by atoms with Gasteiger partial charge in [0.2, 0.25) is 5.91 Å². The van der Waals surface area contributed by atoms with Gasteiger partial charge in [0.05, 0.1) is 25.4 Å². The molecule has 0 spiro atoms. The van der Waals surface area contributed by atoms with E-state index in [1.54, 1.807) is 6.08 Å². The van der Waals surface area contributed by atoms with Gasteiger partial charge in [0, 0.05) is 12.8 Å². The maximum atomic E-state index is 12.5. The van der Waals surface area contributed by atoms with Crippen molar-refractivity contribution in [2.45, 2.75) is 501 Å². The van der Waals surface area contributed by atoms with Crippen molar-refractivity contribution in [3.8, 4) is 0 Å². The fraction of sp³-hybridized carbons (Fsp3) is 0.930. The first-order chi connectivity index (χ1) is 45.5. The maximum absolute atomic E-state index is 12.5. The van der Waals surface area contributed by atoms with Crippen LogP contribution in [-0.2, 0) is 14.3 Å². The molecule has 0 aromatic rings. The number of amides is 1. The SMILES string of the molecule is CCCCCCCCCCCCCCCCCCC/C=C/C(O)C(CO)NC(=O)CCCCCCCCCCCCCCCCCCC/C=C\CCCCCCCCCCCCCCCCCCOC(=O)CCCCCCCCCCCCCCCCCCCCC. The molecule has 2 atom stereocenters. The molecule has 0 fully saturated rings. The van der Waals surface area contributed by atoms with E-state index in [1.807, 2.05) is 6.08 Å². The van der Waals surface area contributed by atoms with E-state index in [0.29, 0.717) is 19.4 Å². The molecule has 0 aliphatic heterocycles. The number of esters is 1. The molecule has 6 heteroatoms. The molecule has 0 saturated carbocycles. The summed E-state index contributed by atoms with van der Waals surface area (Å²) in [7, 11) is 0. The van der Waals surface area contributed by atoms with Gasteiger partial charge in [0.1, 0.15) is 0 Å². The lowest BCUT2D eigenvalue weighted by Crippen LogP contribution is -2.45. The average molecular weight is 1300 g/mol. The highest BCUT2D eigenvalue weighted by Gasteiger charge is 2.18. The third-order valence-corrected chi connectivity index (χ3v) is 20.2. The molecule has 0 aromatic carbocycles. The number of aliphatic hydroxyl groups excluding tert-OH is 2. The Morgan fingerprint density at radius 1 is 0.293 bits per heavy atom. The van der Waals surface area contributed by atoms with Gasteiger partial charge < -0.3 is 20.3 Å². The second-order valence-corrected chi connectivity index (χ2v) is 29.5. The first kappa shape index (κ1) is 90.3. The maximum Gasteiger partial charge on any atom is 0.305 e. The van der Waals surface area contributed by atoms with Crippen LogP contribution in [-0.4, -0.2) is 47.4 Å². The molecule has 0 aromatic heterocycles. The van der Waals surface area contributed by atoms with Crippen molar-refractivity contribution in [3.63, 3.8) is 0 Å².